The summed E-state index contributed by atoms with van der Waals surface area (Å²) in [6.07, 6.45) is 9.06. The number of amides is 1. The van der Waals surface area contributed by atoms with Gasteiger partial charge in [0.05, 0.1) is 30.5 Å². The highest BCUT2D eigenvalue weighted by atomic mass is 16.3. The van der Waals surface area contributed by atoms with Crippen molar-refractivity contribution in [1.29, 1.82) is 0 Å². The van der Waals surface area contributed by atoms with Crippen LogP contribution >= 0.6 is 0 Å². The minimum absolute atomic E-state index is 0.0625. The van der Waals surface area contributed by atoms with Crippen LogP contribution in [0.25, 0.3) is 0 Å². The van der Waals surface area contributed by atoms with Crippen molar-refractivity contribution in [1.82, 2.24) is 19.8 Å². The monoisotopic (exact) mass is 318 g/mol. The molecule has 0 bridgehead atoms. The zero-order chi connectivity index (χ0) is 16.1. The van der Waals surface area contributed by atoms with Crippen LogP contribution in [0.3, 0.4) is 0 Å². The first kappa shape index (κ1) is 15.7. The third-order valence-corrected chi connectivity index (χ3v) is 4.29. The quantitative estimate of drug-likeness (QED) is 0.811. The van der Waals surface area contributed by atoms with E-state index in [9.17, 15) is 4.79 Å². The lowest BCUT2D eigenvalue weighted by molar-refractivity contribution is -0.139. The molecule has 2 aromatic rings. The lowest BCUT2D eigenvalue weighted by Crippen LogP contribution is -2.50. The average Bonchev–Trinajstić information content (AvgIpc) is 3.27. The minimum Gasteiger partial charge on any atom is -0.451 e. The SMILES string of the molecule is CCN1CCCC[C@H]1C(=O)N(Cc1cocn1)Cc1cocn1. The summed E-state index contributed by atoms with van der Waals surface area (Å²) in [5.74, 6) is 0.123. The first-order valence-corrected chi connectivity index (χ1v) is 8.05. The fraction of sp³-hybridized carbons (Fsp3) is 0.562. The Balaban J connectivity index is 1.76. The molecule has 7 heteroatoms. The smallest absolute Gasteiger partial charge is 0.240 e. The normalized spacial score (nSPS) is 18.9. The molecule has 2 aromatic heterocycles. The Morgan fingerprint density at radius 2 is 1.87 bits per heavy atom. The Morgan fingerprint density at radius 1 is 1.22 bits per heavy atom. The molecule has 1 saturated heterocycles. The van der Waals surface area contributed by atoms with Crippen LogP contribution in [0, 0.1) is 0 Å². The van der Waals surface area contributed by atoms with Gasteiger partial charge in [-0.25, -0.2) is 9.97 Å². The van der Waals surface area contributed by atoms with Gasteiger partial charge in [-0.2, -0.15) is 0 Å². The first-order valence-electron chi connectivity index (χ1n) is 8.05. The van der Waals surface area contributed by atoms with Crippen molar-refractivity contribution in [2.45, 2.75) is 45.3 Å². The summed E-state index contributed by atoms with van der Waals surface area (Å²) in [5, 5.41) is 0. The third kappa shape index (κ3) is 3.79. The number of carbonyl (C=O) groups excluding carboxylic acids is 1. The lowest BCUT2D eigenvalue weighted by atomic mass is 10.0. The highest BCUT2D eigenvalue weighted by Crippen LogP contribution is 2.20. The van der Waals surface area contributed by atoms with Gasteiger partial charge in [0.1, 0.15) is 12.5 Å². The van der Waals surface area contributed by atoms with Crippen molar-refractivity contribution in [2.75, 3.05) is 13.1 Å². The molecule has 7 nitrogen and oxygen atoms in total. The fourth-order valence-electron chi connectivity index (χ4n) is 3.09. The van der Waals surface area contributed by atoms with E-state index in [1.165, 1.54) is 12.8 Å². The maximum atomic E-state index is 13.1. The predicted octanol–water partition coefficient (Wildman–Crippen LogP) is 2.07. The van der Waals surface area contributed by atoms with Crippen molar-refractivity contribution in [3.8, 4) is 0 Å². The standard InChI is InChI=1S/C16H22N4O3/c1-2-19-6-4-3-5-15(19)16(21)20(7-13-9-22-11-17-13)8-14-10-23-12-18-14/h9-12,15H,2-8H2,1H3/t15-/m0/s1. The minimum atomic E-state index is -0.0625. The van der Waals surface area contributed by atoms with Crippen LogP contribution in [0.2, 0.25) is 0 Å². The molecule has 0 unspecified atom stereocenters. The molecule has 1 amide bonds. The number of piperidine rings is 1. The summed E-state index contributed by atoms with van der Waals surface area (Å²) in [5.41, 5.74) is 1.47. The van der Waals surface area contributed by atoms with Gasteiger partial charge in [-0.1, -0.05) is 13.3 Å². The summed E-state index contributed by atoms with van der Waals surface area (Å²) in [7, 11) is 0. The third-order valence-electron chi connectivity index (χ3n) is 4.29. The molecule has 1 fully saturated rings. The van der Waals surface area contributed by atoms with Crippen molar-refractivity contribution < 1.29 is 13.6 Å². The Bertz CT molecular complexity index is 561. The van der Waals surface area contributed by atoms with Gasteiger partial charge in [0.15, 0.2) is 12.8 Å². The van der Waals surface area contributed by atoms with Gasteiger partial charge in [0, 0.05) is 0 Å². The highest BCUT2D eigenvalue weighted by molar-refractivity contribution is 5.82. The van der Waals surface area contributed by atoms with Crippen LogP contribution in [0.15, 0.2) is 34.1 Å². The van der Waals surface area contributed by atoms with Crippen molar-refractivity contribution >= 4 is 5.91 Å². The number of oxazole rings is 2. The van der Waals surface area contributed by atoms with E-state index >= 15 is 0 Å². The van der Waals surface area contributed by atoms with Gasteiger partial charge < -0.3 is 13.7 Å². The Hall–Kier alpha value is -2.15. The van der Waals surface area contributed by atoms with E-state index in [1.54, 1.807) is 17.4 Å². The summed E-state index contributed by atoms with van der Waals surface area (Å²) < 4.78 is 10.0. The molecule has 0 spiro atoms. The van der Waals surface area contributed by atoms with E-state index in [1.807, 2.05) is 0 Å². The zero-order valence-electron chi connectivity index (χ0n) is 13.4. The van der Waals surface area contributed by atoms with E-state index in [2.05, 4.69) is 21.8 Å². The van der Waals surface area contributed by atoms with Crippen LogP contribution in [-0.2, 0) is 17.9 Å². The molecule has 0 N–H and O–H groups in total. The van der Waals surface area contributed by atoms with Gasteiger partial charge >= 0.3 is 0 Å². The maximum Gasteiger partial charge on any atom is 0.240 e. The van der Waals surface area contributed by atoms with Crippen molar-refractivity contribution in [3.63, 3.8) is 0 Å². The molecule has 0 aromatic carbocycles. The summed E-state index contributed by atoms with van der Waals surface area (Å²) >= 11 is 0. The van der Waals surface area contributed by atoms with Crippen molar-refractivity contribution in [2.24, 2.45) is 0 Å². The Labute approximate surface area is 135 Å². The Morgan fingerprint density at radius 3 is 2.39 bits per heavy atom. The van der Waals surface area contributed by atoms with E-state index in [-0.39, 0.29) is 11.9 Å². The van der Waals surface area contributed by atoms with Crippen LogP contribution in [0.1, 0.15) is 37.6 Å². The largest absolute Gasteiger partial charge is 0.451 e. The molecule has 3 rings (SSSR count). The molecule has 0 radical (unpaired) electrons. The number of carbonyl (C=O) groups is 1. The average molecular weight is 318 g/mol. The summed E-state index contributed by atoms with van der Waals surface area (Å²) in [4.78, 5) is 25.4. The van der Waals surface area contributed by atoms with Crippen LogP contribution in [0.5, 0.6) is 0 Å². The zero-order valence-corrected chi connectivity index (χ0v) is 13.4. The molecule has 0 saturated carbocycles. The van der Waals surface area contributed by atoms with Crippen molar-refractivity contribution in [3.05, 3.63) is 36.7 Å². The second-order valence-electron chi connectivity index (χ2n) is 5.79. The molecule has 1 aliphatic rings. The molecule has 0 aliphatic carbocycles. The molecule has 3 heterocycles. The number of likely N-dealkylation sites (N-methyl/N-ethyl adjacent to an activating group) is 1. The summed E-state index contributed by atoms with van der Waals surface area (Å²) in [6.45, 7) is 4.80. The lowest BCUT2D eigenvalue weighted by Gasteiger charge is -2.36. The van der Waals surface area contributed by atoms with Gasteiger partial charge in [0.2, 0.25) is 5.91 Å². The van der Waals surface area contributed by atoms with Gasteiger partial charge in [-0.3, -0.25) is 9.69 Å². The molecular formula is C16H22N4O3. The predicted molar refractivity (Wildman–Crippen MR) is 82.1 cm³/mol. The number of hydrogen-bond donors (Lipinski definition) is 0. The van der Waals surface area contributed by atoms with Gasteiger partial charge in [0.25, 0.3) is 0 Å². The molecule has 23 heavy (non-hydrogen) atoms. The van der Waals surface area contributed by atoms with E-state index in [0.717, 1.165) is 43.7 Å². The fourth-order valence-corrected chi connectivity index (χ4v) is 3.09. The van der Waals surface area contributed by atoms with E-state index < -0.39 is 0 Å². The summed E-state index contributed by atoms with van der Waals surface area (Å²) in [6, 6.07) is -0.0625. The van der Waals surface area contributed by atoms with Gasteiger partial charge in [-0.15, -0.1) is 0 Å². The topological polar surface area (TPSA) is 75.6 Å². The van der Waals surface area contributed by atoms with E-state index in [4.69, 9.17) is 8.83 Å². The first-order chi connectivity index (χ1) is 11.3. The number of rotatable bonds is 6. The second-order valence-corrected chi connectivity index (χ2v) is 5.79. The Kier molecular flexibility index (Phi) is 5.07. The van der Waals surface area contributed by atoms with Crippen LogP contribution in [-0.4, -0.2) is 44.8 Å². The number of nitrogens with zero attached hydrogens (tertiary/aromatic N) is 4. The van der Waals surface area contributed by atoms with Crippen LogP contribution < -0.4 is 0 Å². The highest BCUT2D eigenvalue weighted by Gasteiger charge is 2.31. The molecule has 124 valence electrons. The number of hydrogen-bond acceptors (Lipinski definition) is 6. The number of aromatic nitrogens is 2. The van der Waals surface area contributed by atoms with E-state index in [0.29, 0.717) is 13.1 Å². The second kappa shape index (κ2) is 7.41. The molecular weight excluding hydrogens is 296 g/mol. The number of likely N-dealkylation sites (tertiary alicyclic amines) is 1. The molecule has 1 atom stereocenters. The maximum absolute atomic E-state index is 13.1. The molecule has 1 aliphatic heterocycles. The van der Waals surface area contributed by atoms with Crippen LogP contribution in [0.4, 0.5) is 0 Å². The van der Waals surface area contributed by atoms with Gasteiger partial charge in [-0.05, 0) is 25.9 Å².